The molecule has 1 aromatic carbocycles. The molecule has 3 nitrogen and oxygen atoms in total. The number of halogens is 1. The van der Waals surface area contributed by atoms with E-state index in [0.717, 1.165) is 25.2 Å². The predicted octanol–water partition coefficient (Wildman–Crippen LogP) is 1.68. The summed E-state index contributed by atoms with van der Waals surface area (Å²) in [7, 11) is 2.12. The maximum atomic E-state index is 13.4. The molecule has 1 aliphatic rings. The maximum absolute atomic E-state index is 13.4. The highest BCUT2D eigenvalue weighted by molar-refractivity contribution is 5.49. The van der Waals surface area contributed by atoms with Gasteiger partial charge in [-0.25, -0.2) is 4.39 Å². The number of hydrogen-bond donors (Lipinski definition) is 1. The number of nitrogens with zero attached hydrogens (tertiary/aromatic N) is 2. The first-order valence-corrected chi connectivity index (χ1v) is 6.54. The summed E-state index contributed by atoms with van der Waals surface area (Å²) < 4.78 is 13.4. The highest BCUT2D eigenvalue weighted by Crippen LogP contribution is 2.24. The average Bonchev–Trinajstić information content (AvgIpc) is 2.49. The van der Waals surface area contributed by atoms with E-state index in [-0.39, 0.29) is 11.9 Å². The third-order valence-corrected chi connectivity index (χ3v) is 3.70. The monoisotopic (exact) mass is 251 g/mol. The molecule has 1 aromatic rings. The molecule has 18 heavy (non-hydrogen) atoms. The lowest BCUT2D eigenvalue weighted by Gasteiger charge is -2.36. The lowest BCUT2D eigenvalue weighted by atomic mass is 10.1. The van der Waals surface area contributed by atoms with E-state index in [1.807, 2.05) is 6.07 Å². The van der Waals surface area contributed by atoms with Crippen LogP contribution in [0, 0.1) is 5.82 Å². The van der Waals surface area contributed by atoms with E-state index in [4.69, 9.17) is 5.73 Å². The number of nitrogens with two attached hydrogens (primary N) is 1. The molecule has 0 saturated carbocycles. The molecule has 2 atom stereocenters. The van der Waals surface area contributed by atoms with E-state index in [2.05, 4.69) is 23.8 Å². The SMILES string of the molecule is CC1CCN(C)CC(CN)N1c1cccc(F)c1. The summed E-state index contributed by atoms with van der Waals surface area (Å²) in [5.74, 6) is -0.187. The summed E-state index contributed by atoms with van der Waals surface area (Å²) in [6, 6.07) is 7.44. The Morgan fingerprint density at radius 2 is 2.22 bits per heavy atom. The topological polar surface area (TPSA) is 32.5 Å². The van der Waals surface area contributed by atoms with Gasteiger partial charge in [-0.3, -0.25) is 0 Å². The summed E-state index contributed by atoms with van der Waals surface area (Å²) in [4.78, 5) is 4.57. The van der Waals surface area contributed by atoms with Gasteiger partial charge < -0.3 is 15.5 Å². The smallest absolute Gasteiger partial charge is 0.125 e. The van der Waals surface area contributed by atoms with Crippen LogP contribution >= 0.6 is 0 Å². The Morgan fingerprint density at radius 1 is 1.44 bits per heavy atom. The van der Waals surface area contributed by atoms with Crippen LogP contribution in [0.25, 0.3) is 0 Å². The van der Waals surface area contributed by atoms with Crippen LogP contribution in [0.1, 0.15) is 13.3 Å². The lowest BCUT2D eigenvalue weighted by molar-refractivity contribution is 0.332. The van der Waals surface area contributed by atoms with Crippen LogP contribution in [0.4, 0.5) is 10.1 Å². The van der Waals surface area contributed by atoms with Crippen molar-refractivity contribution in [2.24, 2.45) is 5.73 Å². The van der Waals surface area contributed by atoms with Gasteiger partial charge in [-0.05, 0) is 45.1 Å². The molecule has 1 fully saturated rings. The molecule has 2 N–H and O–H groups in total. The Balaban J connectivity index is 2.31. The molecule has 1 saturated heterocycles. The van der Waals surface area contributed by atoms with Gasteiger partial charge in [-0.15, -0.1) is 0 Å². The highest BCUT2D eigenvalue weighted by atomic mass is 19.1. The van der Waals surface area contributed by atoms with Crippen molar-refractivity contribution in [2.75, 3.05) is 31.6 Å². The first-order chi connectivity index (χ1) is 8.61. The summed E-state index contributed by atoms with van der Waals surface area (Å²) in [6.07, 6.45) is 1.07. The van der Waals surface area contributed by atoms with Gasteiger partial charge in [0.2, 0.25) is 0 Å². The van der Waals surface area contributed by atoms with Crippen LogP contribution < -0.4 is 10.6 Å². The van der Waals surface area contributed by atoms with Gasteiger partial charge in [0.1, 0.15) is 5.82 Å². The Labute approximate surface area is 108 Å². The standard InChI is InChI=1S/C14H22FN3/c1-11-6-7-17(2)10-14(9-16)18(11)13-5-3-4-12(15)8-13/h3-5,8,11,14H,6-7,9-10,16H2,1-2H3. The Hall–Kier alpha value is -1.13. The minimum absolute atomic E-state index is 0.187. The summed E-state index contributed by atoms with van der Waals surface area (Å²) >= 11 is 0. The molecule has 0 spiro atoms. The molecule has 0 aromatic heterocycles. The predicted molar refractivity (Wildman–Crippen MR) is 73.3 cm³/mol. The number of benzene rings is 1. The van der Waals surface area contributed by atoms with Gasteiger partial charge in [0.15, 0.2) is 0 Å². The van der Waals surface area contributed by atoms with Crippen LogP contribution in [0.3, 0.4) is 0 Å². The quantitative estimate of drug-likeness (QED) is 0.868. The zero-order chi connectivity index (χ0) is 13.1. The van der Waals surface area contributed by atoms with Crippen molar-refractivity contribution in [1.82, 2.24) is 4.90 Å². The molecule has 2 rings (SSSR count). The molecule has 1 aliphatic heterocycles. The van der Waals surface area contributed by atoms with Crippen molar-refractivity contribution < 1.29 is 4.39 Å². The number of anilines is 1. The lowest BCUT2D eigenvalue weighted by Crippen LogP contribution is -2.48. The highest BCUT2D eigenvalue weighted by Gasteiger charge is 2.27. The van der Waals surface area contributed by atoms with Crippen molar-refractivity contribution in [1.29, 1.82) is 0 Å². The molecular formula is C14H22FN3. The molecule has 0 radical (unpaired) electrons. The van der Waals surface area contributed by atoms with Gasteiger partial charge in [0.05, 0.1) is 6.04 Å². The summed E-state index contributed by atoms with van der Waals surface area (Å²) in [5.41, 5.74) is 6.84. The van der Waals surface area contributed by atoms with Crippen molar-refractivity contribution in [3.05, 3.63) is 30.1 Å². The van der Waals surface area contributed by atoms with Crippen molar-refractivity contribution >= 4 is 5.69 Å². The van der Waals surface area contributed by atoms with Gasteiger partial charge in [-0.1, -0.05) is 6.07 Å². The van der Waals surface area contributed by atoms with Crippen LogP contribution in [-0.2, 0) is 0 Å². The second-order valence-electron chi connectivity index (χ2n) is 5.18. The van der Waals surface area contributed by atoms with E-state index in [1.54, 1.807) is 12.1 Å². The van der Waals surface area contributed by atoms with Gasteiger partial charge in [0, 0.05) is 24.8 Å². The molecule has 0 bridgehead atoms. The second-order valence-corrected chi connectivity index (χ2v) is 5.18. The Morgan fingerprint density at radius 3 is 2.89 bits per heavy atom. The second kappa shape index (κ2) is 5.67. The van der Waals surface area contributed by atoms with Crippen LogP contribution in [-0.4, -0.2) is 43.7 Å². The van der Waals surface area contributed by atoms with E-state index in [1.165, 1.54) is 6.07 Å². The third-order valence-electron chi connectivity index (χ3n) is 3.70. The first-order valence-electron chi connectivity index (χ1n) is 6.54. The number of likely N-dealkylation sites (N-methyl/N-ethyl adjacent to an activating group) is 1. The molecule has 100 valence electrons. The van der Waals surface area contributed by atoms with E-state index in [0.29, 0.717) is 12.6 Å². The fraction of sp³-hybridized carbons (Fsp3) is 0.571. The third kappa shape index (κ3) is 2.82. The van der Waals surface area contributed by atoms with Crippen molar-refractivity contribution in [3.8, 4) is 0 Å². The van der Waals surface area contributed by atoms with Crippen molar-refractivity contribution in [3.63, 3.8) is 0 Å². The maximum Gasteiger partial charge on any atom is 0.125 e. The average molecular weight is 251 g/mol. The molecule has 0 amide bonds. The zero-order valence-electron chi connectivity index (χ0n) is 11.1. The number of hydrogen-bond acceptors (Lipinski definition) is 3. The number of rotatable bonds is 2. The van der Waals surface area contributed by atoms with E-state index < -0.39 is 0 Å². The fourth-order valence-electron chi connectivity index (χ4n) is 2.74. The minimum atomic E-state index is -0.187. The normalized spacial score (nSPS) is 26.1. The molecule has 0 aliphatic carbocycles. The van der Waals surface area contributed by atoms with Crippen LogP contribution in [0.15, 0.2) is 24.3 Å². The van der Waals surface area contributed by atoms with Gasteiger partial charge >= 0.3 is 0 Å². The first kappa shape index (κ1) is 13.3. The van der Waals surface area contributed by atoms with Gasteiger partial charge in [0.25, 0.3) is 0 Å². The summed E-state index contributed by atoms with van der Waals surface area (Å²) in [5, 5.41) is 0. The molecule has 1 heterocycles. The Bertz CT molecular complexity index is 396. The van der Waals surface area contributed by atoms with Crippen molar-refractivity contribution in [2.45, 2.75) is 25.4 Å². The molecular weight excluding hydrogens is 229 g/mol. The van der Waals surface area contributed by atoms with Crippen LogP contribution in [0.5, 0.6) is 0 Å². The fourth-order valence-corrected chi connectivity index (χ4v) is 2.74. The molecule has 2 unspecified atom stereocenters. The molecule has 4 heteroatoms. The van der Waals surface area contributed by atoms with E-state index in [9.17, 15) is 4.39 Å². The van der Waals surface area contributed by atoms with Crippen LogP contribution in [0.2, 0.25) is 0 Å². The zero-order valence-corrected chi connectivity index (χ0v) is 11.1. The largest absolute Gasteiger partial charge is 0.363 e. The minimum Gasteiger partial charge on any atom is -0.363 e. The Kier molecular flexibility index (Phi) is 4.19. The van der Waals surface area contributed by atoms with E-state index >= 15 is 0 Å². The summed E-state index contributed by atoms with van der Waals surface area (Å²) in [6.45, 7) is 4.76. The van der Waals surface area contributed by atoms with Gasteiger partial charge in [-0.2, -0.15) is 0 Å².